The Labute approximate surface area is 136 Å². The second-order valence-corrected chi connectivity index (χ2v) is 6.43. The molecule has 0 saturated carbocycles. The predicted molar refractivity (Wildman–Crippen MR) is 90.7 cm³/mol. The SMILES string of the molecule is COc1cc(OC)cc(-c2cc(C(C)(C)C)cc(C=O)c2O)c1. The van der Waals surface area contributed by atoms with E-state index in [2.05, 4.69) is 20.8 Å². The van der Waals surface area contributed by atoms with Crippen LogP contribution in [0, 0.1) is 0 Å². The molecule has 4 nitrogen and oxygen atoms in total. The van der Waals surface area contributed by atoms with Gasteiger partial charge in [-0.3, -0.25) is 4.79 Å². The molecule has 0 aliphatic carbocycles. The van der Waals surface area contributed by atoms with Crippen LogP contribution < -0.4 is 9.47 Å². The topological polar surface area (TPSA) is 55.8 Å². The van der Waals surface area contributed by atoms with E-state index in [1.807, 2.05) is 6.07 Å². The van der Waals surface area contributed by atoms with Crippen molar-refractivity contribution in [2.24, 2.45) is 0 Å². The molecule has 0 bridgehead atoms. The van der Waals surface area contributed by atoms with Crippen molar-refractivity contribution in [1.29, 1.82) is 0 Å². The molecule has 2 aromatic rings. The molecule has 0 radical (unpaired) electrons. The van der Waals surface area contributed by atoms with Crippen LogP contribution in [0.25, 0.3) is 11.1 Å². The third-order valence-electron chi connectivity index (χ3n) is 3.79. The van der Waals surface area contributed by atoms with Crippen LogP contribution in [0.2, 0.25) is 0 Å². The largest absolute Gasteiger partial charge is 0.507 e. The highest BCUT2D eigenvalue weighted by molar-refractivity contribution is 5.87. The van der Waals surface area contributed by atoms with Gasteiger partial charge in [0, 0.05) is 11.6 Å². The maximum absolute atomic E-state index is 11.3. The van der Waals surface area contributed by atoms with Crippen LogP contribution in [0.1, 0.15) is 36.7 Å². The highest BCUT2D eigenvalue weighted by Crippen LogP contribution is 2.39. The van der Waals surface area contributed by atoms with Crippen molar-refractivity contribution in [3.05, 3.63) is 41.5 Å². The van der Waals surface area contributed by atoms with Crippen LogP contribution in [0.5, 0.6) is 17.2 Å². The van der Waals surface area contributed by atoms with Crippen LogP contribution in [-0.4, -0.2) is 25.6 Å². The highest BCUT2D eigenvalue weighted by Gasteiger charge is 2.20. The summed E-state index contributed by atoms with van der Waals surface area (Å²) in [5.41, 5.74) is 2.40. The summed E-state index contributed by atoms with van der Waals surface area (Å²) in [6.45, 7) is 6.18. The van der Waals surface area contributed by atoms with Gasteiger partial charge in [-0.05, 0) is 40.8 Å². The number of carbonyl (C=O) groups is 1. The number of aromatic hydroxyl groups is 1. The lowest BCUT2D eigenvalue weighted by atomic mass is 9.84. The molecule has 2 aromatic carbocycles. The second-order valence-electron chi connectivity index (χ2n) is 6.43. The molecule has 2 rings (SSSR count). The van der Waals surface area contributed by atoms with Gasteiger partial charge in [0.2, 0.25) is 0 Å². The molecule has 1 N–H and O–H groups in total. The average molecular weight is 314 g/mol. The zero-order valence-corrected chi connectivity index (χ0v) is 14.1. The van der Waals surface area contributed by atoms with Crippen LogP contribution in [0.15, 0.2) is 30.3 Å². The molecule has 0 amide bonds. The van der Waals surface area contributed by atoms with Crippen molar-refractivity contribution in [3.8, 4) is 28.4 Å². The fourth-order valence-corrected chi connectivity index (χ4v) is 2.36. The second kappa shape index (κ2) is 6.32. The molecule has 0 aliphatic heterocycles. The summed E-state index contributed by atoms with van der Waals surface area (Å²) in [4.78, 5) is 11.3. The van der Waals surface area contributed by atoms with Gasteiger partial charge < -0.3 is 14.6 Å². The lowest BCUT2D eigenvalue weighted by Gasteiger charge is -2.22. The zero-order valence-electron chi connectivity index (χ0n) is 14.1. The molecule has 0 spiro atoms. The summed E-state index contributed by atoms with van der Waals surface area (Å²) in [6.07, 6.45) is 0.672. The standard InChI is InChI=1S/C19H22O4/c1-19(2,3)14-6-13(11-20)18(21)17(9-14)12-7-15(22-4)10-16(8-12)23-5/h6-11,21H,1-5H3. The van der Waals surface area contributed by atoms with Crippen LogP contribution in [0.3, 0.4) is 0 Å². The molecule has 0 unspecified atom stereocenters. The van der Waals surface area contributed by atoms with Crippen molar-refractivity contribution < 1.29 is 19.4 Å². The van der Waals surface area contributed by atoms with E-state index in [9.17, 15) is 9.90 Å². The van der Waals surface area contributed by atoms with E-state index in [1.54, 1.807) is 38.5 Å². The number of benzene rings is 2. The van der Waals surface area contributed by atoms with Crippen molar-refractivity contribution in [1.82, 2.24) is 0 Å². The molecular weight excluding hydrogens is 292 g/mol. The number of carbonyl (C=O) groups excluding carboxylic acids is 1. The Bertz CT molecular complexity index is 705. The maximum Gasteiger partial charge on any atom is 0.153 e. The highest BCUT2D eigenvalue weighted by atomic mass is 16.5. The summed E-state index contributed by atoms with van der Waals surface area (Å²) in [6, 6.07) is 8.99. The first-order valence-electron chi connectivity index (χ1n) is 7.36. The number of hydrogen-bond acceptors (Lipinski definition) is 4. The summed E-state index contributed by atoms with van der Waals surface area (Å²) in [7, 11) is 3.14. The minimum Gasteiger partial charge on any atom is -0.507 e. The summed E-state index contributed by atoms with van der Waals surface area (Å²) in [5.74, 6) is 1.20. The number of rotatable bonds is 4. The third kappa shape index (κ3) is 3.47. The van der Waals surface area contributed by atoms with Gasteiger partial charge in [0.1, 0.15) is 17.2 Å². The number of aldehydes is 1. The van der Waals surface area contributed by atoms with Gasteiger partial charge in [-0.25, -0.2) is 0 Å². The predicted octanol–water partition coefficient (Wildman–Crippen LogP) is 4.19. The first-order valence-corrected chi connectivity index (χ1v) is 7.36. The summed E-state index contributed by atoms with van der Waals surface area (Å²) in [5, 5.41) is 10.4. The fraction of sp³-hybridized carbons (Fsp3) is 0.316. The Morgan fingerprint density at radius 2 is 1.52 bits per heavy atom. The monoisotopic (exact) mass is 314 g/mol. The zero-order chi connectivity index (χ0) is 17.2. The van der Waals surface area contributed by atoms with Gasteiger partial charge in [0.15, 0.2) is 6.29 Å². The minimum absolute atomic E-state index is 0.0386. The molecule has 0 aliphatic rings. The van der Waals surface area contributed by atoms with E-state index < -0.39 is 0 Å². The Morgan fingerprint density at radius 1 is 0.957 bits per heavy atom. The first kappa shape index (κ1) is 16.9. The Hall–Kier alpha value is -2.49. The minimum atomic E-state index is -0.150. The smallest absolute Gasteiger partial charge is 0.153 e. The van der Waals surface area contributed by atoms with Crippen molar-refractivity contribution >= 4 is 6.29 Å². The Morgan fingerprint density at radius 3 is 1.96 bits per heavy atom. The summed E-state index contributed by atoms with van der Waals surface area (Å²) < 4.78 is 10.6. The van der Waals surface area contributed by atoms with Crippen molar-refractivity contribution in [3.63, 3.8) is 0 Å². The number of phenols is 1. The molecule has 4 heteroatoms. The summed E-state index contributed by atoms with van der Waals surface area (Å²) >= 11 is 0. The lowest BCUT2D eigenvalue weighted by Crippen LogP contribution is -2.11. The van der Waals surface area contributed by atoms with Gasteiger partial charge in [0.25, 0.3) is 0 Å². The molecule has 0 fully saturated rings. The molecule has 0 saturated heterocycles. The quantitative estimate of drug-likeness (QED) is 0.860. The Kier molecular flexibility index (Phi) is 4.64. The maximum atomic E-state index is 11.3. The first-order chi connectivity index (χ1) is 10.8. The van der Waals surface area contributed by atoms with Gasteiger partial charge in [-0.2, -0.15) is 0 Å². The van der Waals surface area contributed by atoms with E-state index in [0.29, 0.717) is 23.3 Å². The molecule has 23 heavy (non-hydrogen) atoms. The van der Waals surface area contributed by atoms with Crippen molar-refractivity contribution in [2.75, 3.05) is 14.2 Å². The van der Waals surface area contributed by atoms with E-state index >= 15 is 0 Å². The third-order valence-corrected chi connectivity index (χ3v) is 3.79. The van der Waals surface area contributed by atoms with E-state index in [4.69, 9.17) is 9.47 Å². The van der Waals surface area contributed by atoms with Crippen molar-refractivity contribution in [2.45, 2.75) is 26.2 Å². The molecule has 0 aromatic heterocycles. The molecular formula is C19H22O4. The van der Waals surface area contributed by atoms with Gasteiger partial charge >= 0.3 is 0 Å². The number of hydrogen-bond donors (Lipinski definition) is 1. The number of phenolic OH excluding ortho intramolecular Hbond substituents is 1. The fourth-order valence-electron chi connectivity index (χ4n) is 2.36. The molecule has 0 heterocycles. The van der Waals surface area contributed by atoms with E-state index in [0.717, 1.165) is 11.1 Å². The lowest BCUT2D eigenvalue weighted by molar-refractivity contribution is 0.112. The number of methoxy groups -OCH3 is 2. The average Bonchev–Trinajstić information content (AvgIpc) is 2.53. The Balaban J connectivity index is 2.74. The van der Waals surface area contributed by atoms with Crippen LogP contribution >= 0.6 is 0 Å². The van der Waals surface area contributed by atoms with Crippen LogP contribution in [0.4, 0.5) is 0 Å². The molecule has 0 atom stereocenters. The normalized spacial score (nSPS) is 11.2. The van der Waals surface area contributed by atoms with Gasteiger partial charge in [-0.15, -0.1) is 0 Å². The number of ether oxygens (including phenoxy) is 2. The molecule has 122 valence electrons. The van der Waals surface area contributed by atoms with Gasteiger partial charge in [-0.1, -0.05) is 20.8 Å². The van der Waals surface area contributed by atoms with E-state index in [-0.39, 0.29) is 16.7 Å². The van der Waals surface area contributed by atoms with E-state index in [1.165, 1.54) is 0 Å². The van der Waals surface area contributed by atoms with Gasteiger partial charge in [0.05, 0.1) is 19.8 Å². The van der Waals surface area contributed by atoms with Crippen LogP contribution in [-0.2, 0) is 5.41 Å².